The number of ether oxygens (including phenoxy) is 1. The van der Waals surface area contributed by atoms with Crippen molar-refractivity contribution in [1.29, 1.82) is 0 Å². The summed E-state index contributed by atoms with van der Waals surface area (Å²) in [7, 11) is 0. The van der Waals surface area contributed by atoms with Gasteiger partial charge in [-0.05, 0) is 74.1 Å². The molecular formula is C24H28O4. The number of benzene rings is 2. The van der Waals surface area contributed by atoms with Gasteiger partial charge in [0.15, 0.2) is 0 Å². The number of fused-ring (bicyclic) bond motifs is 1. The molecule has 4 heteroatoms. The van der Waals surface area contributed by atoms with Gasteiger partial charge in [-0.25, -0.2) is 4.79 Å². The number of aromatic hydroxyl groups is 1. The number of hydrogen-bond donors (Lipinski definition) is 1. The van der Waals surface area contributed by atoms with Crippen molar-refractivity contribution in [1.82, 2.24) is 0 Å². The zero-order valence-electron chi connectivity index (χ0n) is 17.3. The van der Waals surface area contributed by atoms with E-state index in [1.165, 1.54) is 11.1 Å². The minimum absolute atomic E-state index is 0.182. The maximum absolute atomic E-state index is 12.1. The van der Waals surface area contributed by atoms with Gasteiger partial charge in [0.05, 0.1) is 6.61 Å². The lowest BCUT2D eigenvalue weighted by atomic mass is 9.70. The van der Waals surface area contributed by atoms with E-state index >= 15 is 0 Å². The first-order valence-corrected chi connectivity index (χ1v) is 9.88. The van der Waals surface area contributed by atoms with E-state index in [1.54, 1.807) is 19.1 Å². The summed E-state index contributed by atoms with van der Waals surface area (Å²) in [4.78, 5) is 12.1. The average Bonchev–Trinajstić information content (AvgIpc) is 3.11. The van der Waals surface area contributed by atoms with Gasteiger partial charge >= 0.3 is 5.97 Å². The Morgan fingerprint density at radius 1 is 1.00 bits per heavy atom. The van der Waals surface area contributed by atoms with Crippen molar-refractivity contribution in [2.75, 3.05) is 6.61 Å². The summed E-state index contributed by atoms with van der Waals surface area (Å²) >= 11 is 0. The quantitative estimate of drug-likeness (QED) is 0.530. The number of aryl methyl sites for hydroxylation is 2. The van der Waals surface area contributed by atoms with Gasteiger partial charge in [0, 0.05) is 10.8 Å². The lowest BCUT2D eigenvalue weighted by Crippen LogP contribution is -2.26. The highest BCUT2D eigenvalue weighted by Crippen LogP contribution is 2.42. The molecule has 148 valence electrons. The number of hydrogen-bond acceptors (Lipinski definition) is 4. The van der Waals surface area contributed by atoms with Crippen molar-refractivity contribution in [3.8, 4) is 5.75 Å². The van der Waals surface area contributed by atoms with Crippen LogP contribution in [0.4, 0.5) is 0 Å². The van der Waals surface area contributed by atoms with Crippen molar-refractivity contribution in [2.24, 2.45) is 0 Å². The Hall–Kier alpha value is -2.75. The number of esters is 1. The normalized spacial score (nSPS) is 11.8. The molecule has 3 rings (SSSR count). The zero-order chi connectivity index (χ0) is 20.5. The molecule has 0 atom stereocenters. The van der Waals surface area contributed by atoms with Crippen LogP contribution in [0.25, 0.3) is 11.0 Å². The van der Waals surface area contributed by atoms with Crippen molar-refractivity contribution in [3.05, 3.63) is 64.4 Å². The van der Waals surface area contributed by atoms with Crippen LogP contribution in [0.2, 0.25) is 0 Å². The molecule has 1 aromatic heterocycles. The van der Waals surface area contributed by atoms with Crippen LogP contribution in [-0.4, -0.2) is 17.7 Å². The fourth-order valence-electron chi connectivity index (χ4n) is 4.09. The predicted octanol–water partition coefficient (Wildman–Crippen LogP) is 6.04. The second-order valence-corrected chi connectivity index (χ2v) is 7.33. The third kappa shape index (κ3) is 3.28. The molecule has 1 N–H and O–H groups in total. The number of rotatable bonds is 6. The van der Waals surface area contributed by atoms with Gasteiger partial charge < -0.3 is 14.3 Å². The molecule has 0 aliphatic carbocycles. The van der Waals surface area contributed by atoms with Gasteiger partial charge in [-0.1, -0.05) is 32.0 Å². The Morgan fingerprint density at radius 3 is 2.29 bits per heavy atom. The molecule has 0 amide bonds. The fourth-order valence-corrected chi connectivity index (χ4v) is 4.09. The first kappa shape index (κ1) is 20.0. The highest BCUT2D eigenvalue weighted by Gasteiger charge is 2.32. The SMILES string of the molecule is CCOC(=O)c1cc2cc(C(CC)(CC)c3ccc(O)c(C)c3)cc(C)c2o1. The van der Waals surface area contributed by atoms with Gasteiger partial charge in [0.25, 0.3) is 0 Å². The number of furan rings is 1. The molecule has 0 aliphatic rings. The molecule has 1 heterocycles. The monoisotopic (exact) mass is 380 g/mol. The van der Waals surface area contributed by atoms with E-state index in [0.29, 0.717) is 12.4 Å². The van der Waals surface area contributed by atoms with Crippen LogP contribution >= 0.6 is 0 Å². The average molecular weight is 380 g/mol. The van der Waals surface area contributed by atoms with E-state index in [-0.39, 0.29) is 11.2 Å². The van der Waals surface area contributed by atoms with E-state index in [1.807, 2.05) is 19.9 Å². The summed E-state index contributed by atoms with van der Waals surface area (Å²) in [6.07, 6.45) is 1.84. The number of phenolic OH excluding ortho intramolecular Hbond substituents is 1. The first-order valence-electron chi connectivity index (χ1n) is 9.88. The highest BCUT2D eigenvalue weighted by molar-refractivity contribution is 5.93. The van der Waals surface area contributed by atoms with Crippen LogP contribution in [0, 0.1) is 13.8 Å². The first-order chi connectivity index (χ1) is 13.4. The molecule has 0 unspecified atom stereocenters. The predicted molar refractivity (Wildman–Crippen MR) is 111 cm³/mol. The lowest BCUT2D eigenvalue weighted by Gasteiger charge is -2.34. The van der Waals surface area contributed by atoms with Crippen LogP contribution in [-0.2, 0) is 10.2 Å². The third-order valence-corrected chi connectivity index (χ3v) is 5.79. The molecule has 0 saturated carbocycles. The second kappa shape index (κ2) is 7.70. The molecule has 28 heavy (non-hydrogen) atoms. The molecule has 4 nitrogen and oxygen atoms in total. The van der Waals surface area contributed by atoms with Crippen LogP contribution in [0.5, 0.6) is 5.75 Å². The molecule has 3 aromatic rings. The molecule has 2 aromatic carbocycles. The molecule has 0 aliphatic heterocycles. The van der Waals surface area contributed by atoms with Gasteiger partial charge in [0.2, 0.25) is 5.76 Å². The van der Waals surface area contributed by atoms with Gasteiger partial charge in [-0.3, -0.25) is 0 Å². The van der Waals surface area contributed by atoms with Crippen molar-refractivity contribution in [2.45, 2.75) is 52.9 Å². The smallest absolute Gasteiger partial charge is 0.374 e. The van der Waals surface area contributed by atoms with Gasteiger partial charge in [-0.15, -0.1) is 0 Å². The molecule has 0 fully saturated rings. The second-order valence-electron chi connectivity index (χ2n) is 7.33. The summed E-state index contributed by atoms with van der Waals surface area (Å²) in [5, 5.41) is 10.9. The van der Waals surface area contributed by atoms with Crippen molar-refractivity contribution in [3.63, 3.8) is 0 Å². The Kier molecular flexibility index (Phi) is 5.50. The third-order valence-electron chi connectivity index (χ3n) is 5.79. The minimum Gasteiger partial charge on any atom is -0.508 e. The van der Waals surface area contributed by atoms with E-state index in [4.69, 9.17) is 9.15 Å². The summed E-state index contributed by atoms with van der Waals surface area (Å²) < 4.78 is 10.9. The minimum atomic E-state index is -0.439. The summed E-state index contributed by atoms with van der Waals surface area (Å²) in [6.45, 7) is 10.4. The lowest BCUT2D eigenvalue weighted by molar-refractivity contribution is 0.0492. The Morgan fingerprint density at radius 2 is 1.68 bits per heavy atom. The zero-order valence-corrected chi connectivity index (χ0v) is 17.3. The Labute approximate surface area is 166 Å². The van der Waals surface area contributed by atoms with Crippen LogP contribution in [0.3, 0.4) is 0 Å². The Balaban J connectivity index is 2.18. The topological polar surface area (TPSA) is 59.7 Å². The maximum atomic E-state index is 12.1. The van der Waals surface area contributed by atoms with E-state index in [9.17, 15) is 9.90 Å². The maximum Gasteiger partial charge on any atom is 0.374 e. The summed E-state index contributed by atoms with van der Waals surface area (Å²) in [5.41, 5.74) is 4.76. The summed E-state index contributed by atoms with van der Waals surface area (Å²) in [5.74, 6) is 0.104. The molecule has 0 radical (unpaired) electrons. The number of carbonyl (C=O) groups excluding carboxylic acids is 1. The van der Waals surface area contributed by atoms with E-state index in [0.717, 1.165) is 34.9 Å². The summed E-state index contributed by atoms with van der Waals surface area (Å²) in [6, 6.07) is 11.9. The molecular weight excluding hydrogens is 352 g/mol. The van der Waals surface area contributed by atoms with Gasteiger partial charge in [-0.2, -0.15) is 0 Å². The van der Waals surface area contributed by atoms with Crippen LogP contribution < -0.4 is 0 Å². The van der Waals surface area contributed by atoms with Crippen LogP contribution in [0.15, 0.2) is 40.8 Å². The molecule has 0 bridgehead atoms. The molecule has 0 spiro atoms. The largest absolute Gasteiger partial charge is 0.508 e. The van der Waals surface area contributed by atoms with Crippen molar-refractivity contribution < 1.29 is 19.1 Å². The van der Waals surface area contributed by atoms with E-state index in [2.05, 4.69) is 32.0 Å². The van der Waals surface area contributed by atoms with Crippen molar-refractivity contribution >= 4 is 16.9 Å². The van der Waals surface area contributed by atoms with Crippen LogP contribution in [0.1, 0.15) is 66.4 Å². The highest BCUT2D eigenvalue weighted by atomic mass is 16.5. The van der Waals surface area contributed by atoms with E-state index < -0.39 is 5.97 Å². The standard InChI is InChI=1S/C24H28O4/c1-6-24(7-2,18-9-10-20(25)15(4)11-18)19-12-16(5)22-17(13-19)14-21(28-22)23(26)27-8-3/h9-14,25H,6-8H2,1-5H3. The molecule has 0 saturated heterocycles. The number of phenols is 1. The van der Waals surface area contributed by atoms with Gasteiger partial charge in [0.1, 0.15) is 11.3 Å². The number of carbonyl (C=O) groups is 1. The fraction of sp³-hybridized carbons (Fsp3) is 0.375. The Bertz CT molecular complexity index is 1010.